The number of thiophene rings is 1. The summed E-state index contributed by atoms with van der Waals surface area (Å²) in [6.45, 7) is 3.81. The van der Waals surface area contributed by atoms with E-state index in [1.807, 2.05) is 18.4 Å². The predicted octanol–water partition coefficient (Wildman–Crippen LogP) is 1.44. The summed E-state index contributed by atoms with van der Waals surface area (Å²) in [6, 6.07) is 1.78. The molecule has 0 aliphatic carbocycles. The lowest BCUT2D eigenvalue weighted by molar-refractivity contribution is 0.157. The van der Waals surface area contributed by atoms with Crippen molar-refractivity contribution >= 4 is 11.3 Å². The Labute approximate surface area is 70.7 Å². The molecule has 0 aromatic carbocycles. The van der Waals surface area contributed by atoms with E-state index in [2.05, 4.69) is 0 Å². The van der Waals surface area contributed by atoms with Gasteiger partial charge in [0.25, 0.3) is 0 Å². The lowest BCUT2D eigenvalue weighted by atomic mass is 10.1. The second-order valence-corrected chi connectivity index (χ2v) is 3.77. The molecule has 0 saturated heterocycles. The van der Waals surface area contributed by atoms with Crippen LogP contribution in [0.5, 0.6) is 0 Å². The Morgan fingerprint density at radius 2 is 2.27 bits per heavy atom. The molecule has 1 aromatic rings. The highest BCUT2D eigenvalue weighted by Crippen LogP contribution is 2.23. The van der Waals surface area contributed by atoms with Crippen LogP contribution in [0.25, 0.3) is 0 Å². The minimum absolute atomic E-state index is 0.187. The maximum atomic E-state index is 9.50. The molecule has 1 heterocycles. The van der Waals surface area contributed by atoms with Crippen LogP contribution in [0.1, 0.15) is 23.5 Å². The molecule has 0 amide bonds. The molecule has 1 aromatic heterocycles. The molecular formula is C8H13NOS. The van der Waals surface area contributed by atoms with Crippen LogP contribution < -0.4 is 5.73 Å². The van der Waals surface area contributed by atoms with E-state index in [0.717, 1.165) is 4.88 Å². The Bertz CT molecular complexity index is 232. The topological polar surface area (TPSA) is 46.2 Å². The van der Waals surface area contributed by atoms with Crippen molar-refractivity contribution in [2.24, 2.45) is 5.73 Å². The van der Waals surface area contributed by atoms with Gasteiger partial charge in [0, 0.05) is 10.9 Å². The van der Waals surface area contributed by atoms with Crippen molar-refractivity contribution in [3.8, 4) is 0 Å². The highest BCUT2D eigenvalue weighted by Gasteiger charge is 2.13. The Kier molecular flexibility index (Phi) is 2.65. The summed E-state index contributed by atoms with van der Waals surface area (Å²) in [7, 11) is 0. The molecular weight excluding hydrogens is 158 g/mol. The molecule has 0 saturated carbocycles. The normalized spacial score (nSPS) is 16.4. The number of hydrogen-bond acceptors (Lipinski definition) is 3. The van der Waals surface area contributed by atoms with Crippen LogP contribution in [-0.4, -0.2) is 11.1 Å². The summed E-state index contributed by atoms with van der Waals surface area (Å²) in [5.41, 5.74) is 6.72. The molecule has 0 fully saturated rings. The van der Waals surface area contributed by atoms with Crippen LogP contribution in [-0.2, 0) is 0 Å². The van der Waals surface area contributed by atoms with Gasteiger partial charge in [-0.25, -0.2) is 0 Å². The molecule has 2 atom stereocenters. The highest BCUT2D eigenvalue weighted by molar-refractivity contribution is 7.10. The fourth-order valence-corrected chi connectivity index (χ4v) is 1.87. The first-order valence-electron chi connectivity index (χ1n) is 3.60. The summed E-state index contributed by atoms with van der Waals surface area (Å²) >= 11 is 1.56. The molecule has 0 bridgehead atoms. The highest BCUT2D eigenvalue weighted by atomic mass is 32.1. The molecule has 11 heavy (non-hydrogen) atoms. The fraction of sp³-hybridized carbons (Fsp3) is 0.500. The van der Waals surface area contributed by atoms with Gasteiger partial charge in [-0.15, -0.1) is 11.3 Å². The van der Waals surface area contributed by atoms with E-state index in [1.165, 1.54) is 5.56 Å². The van der Waals surface area contributed by atoms with E-state index in [1.54, 1.807) is 18.3 Å². The number of nitrogens with two attached hydrogens (primary N) is 1. The zero-order valence-corrected chi connectivity index (χ0v) is 7.56. The third-order valence-electron chi connectivity index (χ3n) is 1.54. The first-order valence-corrected chi connectivity index (χ1v) is 4.48. The van der Waals surface area contributed by atoms with Gasteiger partial charge in [0.05, 0.1) is 0 Å². The minimum atomic E-state index is -0.506. The van der Waals surface area contributed by atoms with Crippen LogP contribution in [0.4, 0.5) is 0 Å². The van der Waals surface area contributed by atoms with E-state index in [-0.39, 0.29) is 6.04 Å². The first-order chi connectivity index (χ1) is 5.11. The molecule has 2 unspecified atom stereocenters. The number of aliphatic hydroxyl groups is 1. The van der Waals surface area contributed by atoms with Gasteiger partial charge in [-0.3, -0.25) is 0 Å². The molecule has 3 heteroatoms. The lowest BCUT2D eigenvalue weighted by Crippen LogP contribution is -2.23. The number of hydrogen-bond donors (Lipinski definition) is 2. The third kappa shape index (κ3) is 2.02. The Balaban J connectivity index is 2.76. The molecule has 0 radical (unpaired) electrons. The van der Waals surface area contributed by atoms with Gasteiger partial charge in [-0.05, 0) is 30.9 Å². The molecule has 0 aliphatic rings. The van der Waals surface area contributed by atoms with E-state index in [4.69, 9.17) is 5.73 Å². The largest absolute Gasteiger partial charge is 0.386 e. The summed E-state index contributed by atoms with van der Waals surface area (Å²) < 4.78 is 0. The SMILES string of the molecule is Cc1csc(C(O)C(C)N)c1. The third-order valence-corrected chi connectivity index (χ3v) is 2.66. The van der Waals surface area contributed by atoms with Crippen LogP contribution in [0.15, 0.2) is 11.4 Å². The summed E-state index contributed by atoms with van der Waals surface area (Å²) in [6.07, 6.45) is -0.506. The monoisotopic (exact) mass is 171 g/mol. The van der Waals surface area contributed by atoms with Gasteiger partial charge in [0.2, 0.25) is 0 Å². The second kappa shape index (κ2) is 3.34. The molecule has 0 spiro atoms. The summed E-state index contributed by atoms with van der Waals surface area (Å²) in [5.74, 6) is 0. The Morgan fingerprint density at radius 3 is 2.64 bits per heavy atom. The fourth-order valence-electron chi connectivity index (χ4n) is 0.868. The van der Waals surface area contributed by atoms with Gasteiger partial charge in [0.15, 0.2) is 0 Å². The standard InChI is InChI=1S/C8H13NOS/c1-5-3-7(11-4-5)8(10)6(2)9/h3-4,6,8,10H,9H2,1-2H3. The smallest absolute Gasteiger partial charge is 0.103 e. The zero-order chi connectivity index (χ0) is 8.43. The minimum Gasteiger partial charge on any atom is -0.386 e. The maximum absolute atomic E-state index is 9.50. The van der Waals surface area contributed by atoms with Crippen molar-refractivity contribution in [3.05, 3.63) is 21.9 Å². The van der Waals surface area contributed by atoms with Crippen molar-refractivity contribution in [1.82, 2.24) is 0 Å². The number of aliphatic hydroxyl groups excluding tert-OH is 1. The van der Waals surface area contributed by atoms with Crippen molar-refractivity contribution in [3.63, 3.8) is 0 Å². The first kappa shape index (κ1) is 8.71. The van der Waals surface area contributed by atoms with Gasteiger partial charge in [-0.2, -0.15) is 0 Å². The molecule has 3 N–H and O–H groups in total. The number of rotatable bonds is 2. The molecule has 0 aliphatic heterocycles. The molecule has 2 nitrogen and oxygen atoms in total. The van der Waals surface area contributed by atoms with Crippen LogP contribution >= 0.6 is 11.3 Å². The average Bonchev–Trinajstić information content (AvgIpc) is 2.34. The van der Waals surface area contributed by atoms with Crippen LogP contribution in [0, 0.1) is 6.92 Å². The zero-order valence-electron chi connectivity index (χ0n) is 6.74. The van der Waals surface area contributed by atoms with Gasteiger partial charge in [0.1, 0.15) is 6.10 Å². The summed E-state index contributed by atoms with van der Waals surface area (Å²) in [4.78, 5) is 0.956. The van der Waals surface area contributed by atoms with E-state index in [0.29, 0.717) is 0 Å². The summed E-state index contributed by atoms with van der Waals surface area (Å²) in [5, 5.41) is 11.5. The van der Waals surface area contributed by atoms with E-state index in [9.17, 15) is 5.11 Å². The van der Waals surface area contributed by atoms with Crippen LogP contribution in [0.2, 0.25) is 0 Å². The quantitative estimate of drug-likeness (QED) is 0.707. The Morgan fingerprint density at radius 1 is 1.64 bits per heavy atom. The second-order valence-electron chi connectivity index (χ2n) is 2.83. The molecule has 62 valence electrons. The predicted molar refractivity (Wildman–Crippen MR) is 47.7 cm³/mol. The van der Waals surface area contributed by atoms with Gasteiger partial charge < -0.3 is 10.8 Å². The van der Waals surface area contributed by atoms with E-state index >= 15 is 0 Å². The van der Waals surface area contributed by atoms with Gasteiger partial charge >= 0.3 is 0 Å². The maximum Gasteiger partial charge on any atom is 0.103 e. The lowest BCUT2D eigenvalue weighted by Gasteiger charge is -2.11. The van der Waals surface area contributed by atoms with Crippen molar-refractivity contribution < 1.29 is 5.11 Å². The Hall–Kier alpha value is -0.380. The molecule has 1 rings (SSSR count). The number of aryl methyl sites for hydroxylation is 1. The van der Waals surface area contributed by atoms with Crippen LogP contribution in [0.3, 0.4) is 0 Å². The van der Waals surface area contributed by atoms with Crippen molar-refractivity contribution in [1.29, 1.82) is 0 Å². The average molecular weight is 171 g/mol. The van der Waals surface area contributed by atoms with Crippen molar-refractivity contribution in [2.75, 3.05) is 0 Å². The van der Waals surface area contributed by atoms with E-state index < -0.39 is 6.10 Å². The van der Waals surface area contributed by atoms with Gasteiger partial charge in [-0.1, -0.05) is 0 Å². The van der Waals surface area contributed by atoms with Crippen molar-refractivity contribution in [2.45, 2.75) is 26.0 Å².